The van der Waals surface area contributed by atoms with Crippen LogP contribution in [0.1, 0.15) is 6.92 Å². The Morgan fingerprint density at radius 3 is 3.10 bits per heavy atom. The second-order valence-corrected chi connectivity index (χ2v) is 6.67. The summed E-state index contributed by atoms with van der Waals surface area (Å²) in [5.41, 5.74) is 0. The number of aromatic nitrogens is 2. The minimum atomic E-state index is -3.59. The van der Waals surface area contributed by atoms with Crippen molar-refractivity contribution in [2.24, 2.45) is 0 Å². The van der Waals surface area contributed by atoms with E-state index in [-0.39, 0.29) is 30.7 Å². The lowest BCUT2D eigenvalue weighted by molar-refractivity contribution is -0.0229. The van der Waals surface area contributed by atoms with Crippen molar-refractivity contribution in [1.29, 1.82) is 0 Å². The molecule has 1 aliphatic heterocycles. The number of sulfonamides is 1. The Hall–Kier alpha value is -1.00. The second kappa shape index (κ2) is 7.32. The van der Waals surface area contributed by atoms with E-state index < -0.39 is 10.0 Å². The minimum absolute atomic E-state index is 0.0859. The van der Waals surface area contributed by atoms with Crippen molar-refractivity contribution in [2.75, 3.05) is 39.4 Å². The van der Waals surface area contributed by atoms with Gasteiger partial charge in [0.2, 0.25) is 10.0 Å². The first-order valence-electron chi connectivity index (χ1n) is 7.02. The van der Waals surface area contributed by atoms with E-state index >= 15 is 0 Å². The van der Waals surface area contributed by atoms with Gasteiger partial charge in [-0.1, -0.05) is 6.92 Å². The van der Waals surface area contributed by atoms with Crippen LogP contribution in [0.15, 0.2) is 17.3 Å². The maximum absolute atomic E-state index is 12.1. The quantitative estimate of drug-likeness (QED) is 0.661. The van der Waals surface area contributed by atoms with Gasteiger partial charge in [-0.2, -0.15) is 5.10 Å². The number of nitrogens with one attached hydrogen (secondary N) is 1. The van der Waals surface area contributed by atoms with Crippen LogP contribution in [0.5, 0.6) is 0 Å². The number of aliphatic hydroxyl groups excluding tert-OH is 1. The van der Waals surface area contributed by atoms with Crippen molar-refractivity contribution in [3.8, 4) is 0 Å². The lowest BCUT2D eigenvalue weighted by Gasteiger charge is -2.32. The summed E-state index contributed by atoms with van der Waals surface area (Å²) in [6.45, 7) is 5.65. The zero-order chi connectivity index (χ0) is 15.3. The van der Waals surface area contributed by atoms with Gasteiger partial charge < -0.3 is 9.84 Å². The normalized spacial score (nSPS) is 20.8. The first-order chi connectivity index (χ1) is 10.0. The predicted octanol–water partition coefficient (Wildman–Crippen LogP) is -1.13. The van der Waals surface area contributed by atoms with Crippen molar-refractivity contribution < 1.29 is 18.3 Å². The number of nitrogens with zero attached hydrogens (tertiary/aromatic N) is 3. The van der Waals surface area contributed by atoms with Gasteiger partial charge in [0.15, 0.2) is 0 Å². The van der Waals surface area contributed by atoms with Crippen molar-refractivity contribution in [1.82, 2.24) is 19.4 Å². The van der Waals surface area contributed by atoms with E-state index in [4.69, 9.17) is 9.84 Å². The van der Waals surface area contributed by atoms with Crippen LogP contribution in [0.2, 0.25) is 0 Å². The molecule has 120 valence electrons. The number of morpholine rings is 1. The molecule has 21 heavy (non-hydrogen) atoms. The fraction of sp³-hybridized carbons (Fsp3) is 0.750. The molecule has 0 spiro atoms. The van der Waals surface area contributed by atoms with Crippen LogP contribution in [0.3, 0.4) is 0 Å². The van der Waals surface area contributed by atoms with Crippen LogP contribution in [0, 0.1) is 0 Å². The third kappa shape index (κ3) is 4.48. The lowest BCUT2D eigenvalue weighted by Crippen LogP contribution is -2.47. The number of hydrogen-bond acceptors (Lipinski definition) is 6. The molecule has 0 aliphatic carbocycles. The van der Waals surface area contributed by atoms with E-state index in [0.29, 0.717) is 6.61 Å². The molecule has 2 heterocycles. The highest BCUT2D eigenvalue weighted by atomic mass is 32.2. The highest BCUT2D eigenvalue weighted by molar-refractivity contribution is 7.89. The van der Waals surface area contributed by atoms with Gasteiger partial charge in [-0.3, -0.25) is 9.58 Å². The summed E-state index contributed by atoms with van der Waals surface area (Å²) in [5, 5.41) is 12.7. The summed E-state index contributed by atoms with van der Waals surface area (Å²) < 4.78 is 33.8. The molecule has 0 radical (unpaired) electrons. The summed E-state index contributed by atoms with van der Waals surface area (Å²) in [5.74, 6) is 0. The van der Waals surface area contributed by atoms with Crippen LogP contribution >= 0.6 is 0 Å². The fourth-order valence-electron chi connectivity index (χ4n) is 2.19. The molecule has 1 aromatic heterocycles. The third-order valence-corrected chi connectivity index (χ3v) is 4.80. The summed E-state index contributed by atoms with van der Waals surface area (Å²) in [6, 6.07) is 0. The predicted molar refractivity (Wildman–Crippen MR) is 76.4 cm³/mol. The van der Waals surface area contributed by atoms with Crippen LogP contribution in [-0.4, -0.2) is 73.7 Å². The summed E-state index contributed by atoms with van der Waals surface area (Å²) >= 11 is 0. The number of hydrogen-bond donors (Lipinski definition) is 2. The minimum Gasteiger partial charge on any atom is -0.394 e. The standard InChI is InChI=1S/C12H22N4O4S/c1-2-15-4-6-20-11(9-15)7-14-21(18,19)12-8-13-16(10-12)3-5-17/h8,10-11,14,17H,2-7,9H2,1H3. The van der Waals surface area contributed by atoms with E-state index in [1.807, 2.05) is 0 Å². The highest BCUT2D eigenvalue weighted by Gasteiger charge is 2.23. The Bertz CT molecular complexity index is 545. The number of aliphatic hydroxyl groups is 1. The number of ether oxygens (including phenoxy) is 1. The van der Waals surface area contributed by atoms with E-state index in [1.54, 1.807) is 0 Å². The molecule has 1 saturated heterocycles. The lowest BCUT2D eigenvalue weighted by atomic mass is 10.3. The Kier molecular flexibility index (Phi) is 5.71. The van der Waals surface area contributed by atoms with Gasteiger partial charge in [0.05, 0.1) is 32.1 Å². The van der Waals surface area contributed by atoms with Crippen molar-refractivity contribution in [3.63, 3.8) is 0 Å². The molecule has 1 unspecified atom stereocenters. The molecule has 2 rings (SSSR count). The van der Waals surface area contributed by atoms with E-state index in [9.17, 15) is 8.42 Å². The van der Waals surface area contributed by atoms with Crippen LogP contribution < -0.4 is 4.72 Å². The molecule has 1 aliphatic rings. The summed E-state index contributed by atoms with van der Waals surface area (Å²) in [4.78, 5) is 2.32. The average molecular weight is 318 g/mol. The second-order valence-electron chi connectivity index (χ2n) is 4.90. The van der Waals surface area contributed by atoms with Crippen molar-refractivity contribution >= 4 is 10.0 Å². The van der Waals surface area contributed by atoms with Gasteiger partial charge in [0, 0.05) is 25.8 Å². The molecule has 9 heteroatoms. The SMILES string of the molecule is CCN1CCOC(CNS(=O)(=O)c2cnn(CCO)c2)C1. The third-order valence-electron chi connectivity index (χ3n) is 3.42. The fourth-order valence-corrected chi connectivity index (χ4v) is 3.20. The van der Waals surface area contributed by atoms with Crippen LogP contribution in [0.4, 0.5) is 0 Å². The Balaban J connectivity index is 1.91. The molecule has 1 atom stereocenters. The van der Waals surface area contributed by atoms with Gasteiger partial charge in [0.25, 0.3) is 0 Å². The molecule has 0 saturated carbocycles. The first-order valence-corrected chi connectivity index (χ1v) is 8.50. The molecular weight excluding hydrogens is 296 g/mol. The van der Waals surface area contributed by atoms with Gasteiger partial charge in [-0.25, -0.2) is 13.1 Å². The molecule has 2 N–H and O–H groups in total. The monoisotopic (exact) mass is 318 g/mol. The highest BCUT2D eigenvalue weighted by Crippen LogP contribution is 2.09. The first kappa shape index (κ1) is 16.4. The van der Waals surface area contributed by atoms with Gasteiger partial charge in [-0.15, -0.1) is 0 Å². The maximum atomic E-state index is 12.1. The zero-order valence-electron chi connectivity index (χ0n) is 12.1. The van der Waals surface area contributed by atoms with Crippen LogP contribution in [-0.2, 0) is 21.3 Å². The van der Waals surface area contributed by atoms with E-state index in [0.717, 1.165) is 19.6 Å². The number of likely N-dealkylation sites (N-methyl/N-ethyl adjacent to an activating group) is 1. The van der Waals surface area contributed by atoms with E-state index in [2.05, 4.69) is 21.6 Å². The maximum Gasteiger partial charge on any atom is 0.243 e. The largest absolute Gasteiger partial charge is 0.394 e. The zero-order valence-corrected chi connectivity index (χ0v) is 12.9. The molecule has 0 bridgehead atoms. The average Bonchev–Trinajstić information content (AvgIpc) is 2.95. The smallest absolute Gasteiger partial charge is 0.243 e. The molecule has 0 amide bonds. The Morgan fingerprint density at radius 2 is 2.38 bits per heavy atom. The molecule has 0 aromatic carbocycles. The summed E-state index contributed by atoms with van der Waals surface area (Å²) in [7, 11) is -3.59. The van der Waals surface area contributed by atoms with Gasteiger partial charge >= 0.3 is 0 Å². The summed E-state index contributed by atoms with van der Waals surface area (Å²) in [6.07, 6.45) is 2.54. The Labute approximate surface area is 124 Å². The molecule has 8 nitrogen and oxygen atoms in total. The van der Waals surface area contributed by atoms with Crippen LogP contribution in [0.25, 0.3) is 0 Å². The molecular formula is C12H22N4O4S. The van der Waals surface area contributed by atoms with E-state index in [1.165, 1.54) is 17.1 Å². The van der Waals surface area contributed by atoms with Crippen molar-refractivity contribution in [3.05, 3.63) is 12.4 Å². The van der Waals surface area contributed by atoms with Crippen molar-refractivity contribution in [2.45, 2.75) is 24.5 Å². The van der Waals surface area contributed by atoms with Gasteiger partial charge in [-0.05, 0) is 6.54 Å². The number of rotatable bonds is 7. The Morgan fingerprint density at radius 1 is 1.57 bits per heavy atom. The molecule has 1 fully saturated rings. The molecule has 1 aromatic rings. The van der Waals surface area contributed by atoms with Gasteiger partial charge in [0.1, 0.15) is 4.90 Å². The topological polar surface area (TPSA) is 96.7 Å².